The SMILES string of the molecule is COc1ccc(C(=O)NCC2CN(c3ccnn3C)C(=O)O2)cc1OC. The number of nitrogens with one attached hydrogen (secondary N) is 1. The average molecular weight is 360 g/mol. The van der Waals surface area contributed by atoms with Gasteiger partial charge in [0.05, 0.1) is 33.5 Å². The van der Waals surface area contributed by atoms with Gasteiger partial charge in [0.2, 0.25) is 0 Å². The van der Waals surface area contributed by atoms with Gasteiger partial charge in [-0.25, -0.2) is 4.79 Å². The summed E-state index contributed by atoms with van der Waals surface area (Å²) in [5.74, 6) is 1.36. The molecule has 1 N–H and O–H groups in total. The summed E-state index contributed by atoms with van der Waals surface area (Å²) in [5, 5.41) is 6.81. The van der Waals surface area contributed by atoms with Crippen LogP contribution in [0.3, 0.4) is 0 Å². The van der Waals surface area contributed by atoms with Crippen LogP contribution in [0.15, 0.2) is 30.5 Å². The highest BCUT2D eigenvalue weighted by Gasteiger charge is 2.34. The Labute approximate surface area is 150 Å². The highest BCUT2D eigenvalue weighted by atomic mass is 16.6. The molecule has 138 valence electrons. The van der Waals surface area contributed by atoms with Crippen molar-refractivity contribution in [1.82, 2.24) is 15.1 Å². The third-order valence-corrected chi connectivity index (χ3v) is 4.08. The summed E-state index contributed by atoms with van der Waals surface area (Å²) in [7, 11) is 4.78. The highest BCUT2D eigenvalue weighted by molar-refractivity contribution is 5.95. The molecule has 1 aliphatic heterocycles. The fourth-order valence-corrected chi connectivity index (χ4v) is 2.73. The number of nitrogens with zero attached hydrogens (tertiary/aromatic N) is 3. The summed E-state index contributed by atoms with van der Waals surface area (Å²) in [5.41, 5.74) is 0.426. The van der Waals surface area contributed by atoms with Gasteiger partial charge in [-0.3, -0.25) is 14.4 Å². The van der Waals surface area contributed by atoms with Crippen molar-refractivity contribution in [3.63, 3.8) is 0 Å². The molecule has 1 aliphatic rings. The maximum Gasteiger partial charge on any atom is 0.416 e. The van der Waals surface area contributed by atoms with Crippen molar-refractivity contribution in [3.8, 4) is 11.5 Å². The van der Waals surface area contributed by atoms with Gasteiger partial charge in [0, 0.05) is 18.7 Å². The molecule has 0 aliphatic carbocycles. The zero-order chi connectivity index (χ0) is 18.7. The molecule has 3 rings (SSSR count). The maximum atomic E-state index is 12.3. The van der Waals surface area contributed by atoms with E-state index < -0.39 is 12.2 Å². The molecule has 0 spiro atoms. The second-order valence-corrected chi connectivity index (χ2v) is 5.71. The number of benzene rings is 1. The van der Waals surface area contributed by atoms with Crippen LogP contribution in [0, 0.1) is 0 Å². The first-order valence-corrected chi connectivity index (χ1v) is 8.00. The van der Waals surface area contributed by atoms with E-state index >= 15 is 0 Å². The smallest absolute Gasteiger partial charge is 0.416 e. The Morgan fingerprint density at radius 1 is 1.31 bits per heavy atom. The quantitative estimate of drug-likeness (QED) is 0.832. The lowest BCUT2D eigenvalue weighted by Crippen LogP contribution is -2.34. The zero-order valence-electron chi connectivity index (χ0n) is 14.8. The van der Waals surface area contributed by atoms with Crippen LogP contribution in [0.25, 0.3) is 0 Å². The first-order valence-electron chi connectivity index (χ1n) is 8.00. The Kier molecular flexibility index (Phi) is 4.97. The fourth-order valence-electron chi connectivity index (χ4n) is 2.73. The number of anilines is 1. The van der Waals surface area contributed by atoms with Crippen molar-refractivity contribution >= 4 is 17.8 Å². The Hall–Kier alpha value is -3.23. The number of amides is 2. The molecule has 26 heavy (non-hydrogen) atoms. The molecule has 1 fully saturated rings. The maximum absolute atomic E-state index is 12.3. The molecule has 9 heteroatoms. The van der Waals surface area contributed by atoms with Crippen molar-refractivity contribution in [2.45, 2.75) is 6.10 Å². The molecule has 1 aromatic heterocycles. The first kappa shape index (κ1) is 17.6. The van der Waals surface area contributed by atoms with Gasteiger partial charge in [-0.2, -0.15) is 5.10 Å². The molecule has 1 atom stereocenters. The molecule has 1 aromatic carbocycles. The van der Waals surface area contributed by atoms with Gasteiger partial charge in [0.15, 0.2) is 11.5 Å². The van der Waals surface area contributed by atoms with Gasteiger partial charge < -0.3 is 19.5 Å². The van der Waals surface area contributed by atoms with Crippen molar-refractivity contribution in [1.29, 1.82) is 0 Å². The monoisotopic (exact) mass is 360 g/mol. The van der Waals surface area contributed by atoms with E-state index in [0.29, 0.717) is 29.4 Å². The van der Waals surface area contributed by atoms with Crippen LogP contribution >= 0.6 is 0 Å². The second-order valence-electron chi connectivity index (χ2n) is 5.71. The lowest BCUT2D eigenvalue weighted by Gasteiger charge is -2.13. The second kappa shape index (κ2) is 7.34. The third kappa shape index (κ3) is 3.41. The summed E-state index contributed by atoms with van der Waals surface area (Å²) in [6, 6.07) is 6.62. The molecule has 1 unspecified atom stereocenters. The number of carbonyl (C=O) groups excluding carboxylic acids is 2. The van der Waals surface area contributed by atoms with Gasteiger partial charge in [-0.05, 0) is 18.2 Å². The predicted molar refractivity (Wildman–Crippen MR) is 92.7 cm³/mol. The highest BCUT2D eigenvalue weighted by Crippen LogP contribution is 2.27. The van der Waals surface area contributed by atoms with Gasteiger partial charge in [-0.1, -0.05) is 0 Å². The van der Waals surface area contributed by atoms with E-state index in [1.54, 1.807) is 42.2 Å². The van der Waals surface area contributed by atoms with Crippen LogP contribution in [-0.2, 0) is 11.8 Å². The molecule has 0 bridgehead atoms. The summed E-state index contributed by atoms with van der Waals surface area (Å²) >= 11 is 0. The number of aryl methyl sites for hydroxylation is 1. The topological polar surface area (TPSA) is 94.9 Å². The standard InChI is InChI=1S/C17H20N4O5/c1-20-15(6-7-19-20)21-10-12(26-17(21)23)9-18-16(22)11-4-5-13(24-2)14(8-11)25-3/h4-8,12H,9-10H2,1-3H3,(H,18,22). The van der Waals surface area contributed by atoms with E-state index in [1.807, 2.05) is 0 Å². The zero-order valence-corrected chi connectivity index (χ0v) is 14.8. The fraction of sp³-hybridized carbons (Fsp3) is 0.353. The summed E-state index contributed by atoms with van der Waals surface area (Å²) in [4.78, 5) is 25.8. The molecule has 2 heterocycles. The largest absolute Gasteiger partial charge is 0.493 e. The summed E-state index contributed by atoms with van der Waals surface area (Å²) in [6.45, 7) is 0.540. The molecule has 0 radical (unpaired) electrons. The number of methoxy groups -OCH3 is 2. The van der Waals surface area contributed by atoms with E-state index in [9.17, 15) is 9.59 Å². The Morgan fingerprint density at radius 3 is 2.73 bits per heavy atom. The minimum absolute atomic E-state index is 0.202. The van der Waals surface area contributed by atoms with E-state index in [0.717, 1.165) is 0 Å². The van der Waals surface area contributed by atoms with Crippen LogP contribution in [0.1, 0.15) is 10.4 Å². The molecule has 0 saturated carbocycles. The molecule has 2 aromatic rings. The third-order valence-electron chi connectivity index (χ3n) is 4.08. The van der Waals surface area contributed by atoms with Crippen LogP contribution in [0.2, 0.25) is 0 Å². The Morgan fingerprint density at radius 2 is 2.08 bits per heavy atom. The minimum Gasteiger partial charge on any atom is -0.493 e. The van der Waals surface area contributed by atoms with E-state index in [1.165, 1.54) is 19.1 Å². The summed E-state index contributed by atoms with van der Waals surface area (Å²) < 4.78 is 17.2. The molecule has 2 amide bonds. The molecular formula is C17H20N4O5. The number of aromatic nitrogens is 2. The molecule has 9 nitrogen and oxygen atoms in total. The molecular weight excluding hydrogens is 340 g/mol. The lowest BCUT2D eigenvalue weighted by molar-refractivity contribution is 0.0915. The first-order chi connectivity index (χ1) is 12.5. The number of cyclic esters (lactones) is 1. The Balaban J connectivity index is 1.60. The van der Waals surface area contributed by atoms with E-state index in [2.05, 4.69) is 10.4 Å². The number of carbonyl (C=O) groups is 2. The van der Waals surface area contributed by atoms with E-state index in [4.69, 9.17) is 14.2 Å². The number of hydrogen-bond donors (Lipinski definition) is 1. The predicted octanol–water partition coefficient (Wildman–Crippen LogP) is 1.19. The lowest BCUT2D eigenvalue weighted by atomic mass is 10.2. The Bertz CT molecular complexity index is 819. The van der Waals surface area contributed by atoms with Gasteiger partial charge >= 0.3 is 6.09 Å². The van der Waals surface area contributed by atoms with E-state index in [-0.39, 0.29) is 12.5 Å². The minimum atomic E-state index is -0.459. The number of ether oxygens (including phenoxy) is 3. The normalized spacial score (nSPS) is 16.3. The van der Waals surface area contributed by atoms with Crippen LogP contribution in [-0.4, -0.2) is 55.2 Å². The summed E-state index contributed by atoms with van der Waals surface area (Å²) in [6.07, 6.45) is 0.704. The van der Waals surface area contributed by atoms with Gasteiger partial charge in [0.25, 0.3) is 5.91 Å². The average Bonchev–Trinajstić information content (AvgIpc) is 3.23. The number of hydrogen-bond acceptors (Lipinski definition) is 6. The van der Waals surface area contributed by atoms with Crippen molar-refractivity contribution in [3.05, 3.63) is 36.0 Å². The molecule has 1 saturated heterocycles. The van der Waals surface area contributed by atoms with Gasteiger partial charge in [-0.15, -0.1) is 0 Å². The van der Waals surface area contributed by atoms with Crippen molar-refractivity contribution in [2.75, 3.05) is 32.2 Å². The van der Waals surface area contributed by atoms with Crippen LogP contribution in [0.4, 0.5) is 10.6 Å². The van der Waals surface area contributed by atoms with Crippen molar-refractivity contribution < 1.29 is 23.8 Å². The number of rotatable bonds is 6. The van der Waals surface area contributed by atoms with Crippen LogP contribution in [0.5, 0.6) is 11.5 Å². The van der Waals surface area contributed by atoms with Crippen LogP contribution < -0.4 is 19.7 Å². The van der Waals surface area contributed by atoms with Crippen molar-refractivity contribution in [2.24, 2.45) is 7.05 Å². The van der Waals surface area contributed by atoms with Gasteiger partial charge in [0.1, 0.15) is 11.9 Å².